The van der Waals surface area contributed by atoms with Gasteiger partial charge in [-0.2, -0.15) is 0 Å². The van der Waals surface area contributed by atoms with Gasteiger partial charge in [0.2, 0.25) is 0 Å². The van der Waals surface area contributed by atoms with E-state index in [1.54, 1.807) is 0 Å². The van der Waals surface area contributed by atoms with E-state index in [-0.39, 0.29) is 11.8 Å². The Labute approximate surface area is 126 Å². The first-order valence-electron chi connectivity index (χ1n) is 6.81. The highest BCUT2D eigenvalue weighted by molar-refractivity contribution is 8.00. The maximum Gasteiger partial charge on any atom is 0.132 e. The monoisotopic (exact) mass is 316 g/mol. The Morgan fingerprint density at radius 3 is 2.67 bits per heavy atom. The van der Waals surface area contributed by atoms with Crippen LogP contribution >= 0.6 is 11.8 Å². The number of fused-ring (bicyclic) bond motifs is 2. The van der Waals surface area contributed by atoms with Crippen LogP contribution in [0.2, 0.25) is 0 Å². The van der Waals surface area contributed by atoms with Crippen molar-refractivity contribution in [2.24, 2.45) is 10.8 Å². The van der Waals surface area contributed by atoms with E-state index >= 15 is 0 Å². The number of nitrogens with zero attached hydrogens (tertiary/aromatic N) is 3. The molecule has 1 saturated heterocycles. The van der Waals surface area contributed by atoms with Crippen LogP contribution < -0.4 is 5.73 Å². The maximum atomic E-state index is 10.0. The molecule has 1 unspecified atom stereocenters. The van der Waals surface area contributed by atoms with Crippen molar-refractivity contribution in [3.8, 4) is 0 Å². The summed E-state index contributed by atoms with van der Waals surface area (Å²) in [6.45, 7) is 0.257. The van der Waals surface area contributed by atoms with Crippen molar-refractivity contribution in [2.75, 3.05) is 6.54 Å². The zero-order valence-corrected chi connectivity index (χ0v) is 12.2. The second-order valence-electron chi connectivity index (χ2n) is 5.22. The van der Waals surface area contributed by atoms with Crippen molar-refractivity contribution >= 4 is 11.8 Å². The van der Waals surface area contributed by atoms with Crippen LogP contribution in [-0.4, -0.2) is 63.0 Å². The molecule has 2 aliphatic heterocycles. The van der Waals surface area contributed by atoms with E-state index in [9.17, 15) is 15.3 Å². The van der Waals surface area contributed by atoms with Crippen LogP contribution in [0.25, 0.3) is 10.4 Å². The summed E-state index contributed by atoms with van der Waals surface area (Å²) in [7, 11) is 0. The number of allylic oxidation sites excluding steroid dienone is 1. The molecule has 7 atom stereocenters. The van der Waals surface area contributed by atoms with E-state index in [1.807, 2.05) is 12.2 Å². The number of ether oxygens (including phenoxy) is 1. The Bertz CT molecular complexity index is 431. The summed E-state index contributed by atoms with van der Waals surface area (Å²) in [5.41, 5.74) is 13.7. The van der Waals surface area contributed by atoms with Crippen molar-refractivity contribution in [1.82, 2.24) is 0 Å². The maximum absolute atomic E-state index is 10.0. The fraction of sp³-hybridized carbons (Fsp3) is 0.833. The SMILES string of the molecule is [N-]=[N+]=NCC1CC=CC[C@@H](N)[C@H]2O[C@H](S1)[C@H](O)[C@@H](O)[C@H]2O. The number of thioether (sulfide) groups is 1. The van der Waals surface area contributed by atoms with Crippen LogP contribution in [0.5, 0.6) is 0 Å². The van der Waals surface area contributed by atoms with Crippen LogP contribution in [0.4, 0.5) is 0 Å². The Morgan fingerprint density at radius 2 is 1.95 bits per heavy atom. The molecule has 0 aromatic rings. The minimum atomic E-state index is -1.31. The molecule has 0 spiro atoms. The second-order valence-corrected chi connectivity index (χ2v) is 6.62. The highest BCUT2D eigenvalue weighted by Gasteiger charge is 2.46. The fourth-order valence-corrected chi connectivity index (χ4v) is 3.73. The second kappa shape index (κ2) is 7.46. The molecule has 8 nitrogen and oxygen atoms in total. The van der Waals surface area contributed by atoms with Crippen LogP contribution in [0.3, 0.4) is 0 Å². The molecule has 2 rings (SSSR count). The number of aliphatic hydroxyl groups is 3. The third-order valence-corrected chi connectivity index (χ3v) is 5.06. The lowest BCUT2D eigenvalue weighted by Crippen LogP contribution is -2.61. The average molecular weight is 316 g/mol. The topological polar surface area (TPSA) is 145 Å². The minimum absolute atomic E-state index is 0.0748. The van der Waals surface area contributed by atoms with Crippen LogP contribution in [0.1, 0.15) is 12.8 Å². The van der Waals surface area contributed by atoms with Gasteiger partial charge in [0.05, 0.1) is 0 Å². The van der Waals surface area contributed by atoms with Gasteiger partial charge >= 0.3 is 0 Å². The molecule has 9 heteroatoms. The van der Waals surface area contributed by atoms with E-state index in [1.165, 1.54) is 11.8 Å². The minimum Gasteiger partial charge on any atom is -0.388 e. The standard InChI is InChI=1S/C12H20N4O4S/c13-7-4-2-1-3-6(5-15-16-14)21-12-10(19)8(17)9(18)11(7)20-12/h1-2,6-12,17-19H,3-5,13H2/t6?,7-,8+,9-,10-,11-,12-/m1/s1. The molecule has 5 N–H and O–H groups in total. The summed E-state index contributed by atoms with van der Waals surface area (Å²) in [6.07, 6.45) is 0.478. The molecular weight excluding hydrogens is 296 g/mol. The Morgan fingerprint density at radius 1 is 1.24 bits per heavy atom. The van der Waals surface area contributed by atoms with Gasteiger partial charge in [-0.1, -0.05) is 17.3 Å². The summed E-state index contributed by atoms with van der Waals surface area (Å²) in [5.74, 6) is 0. The largest absolute Gasteiger partial charge is 0.388 e. The predicted molar refractivity (Wildman–Crippen MR) is 78.4 cm³/mol. The van der Waals surface area contributed by atoms with Gasteiger partial charge in [0.15, 0.2) is 0 Å². The summed E-state index contributed by atoms with van der Waals surface area (Å²) < 4.78 is 5.69. The highest BCUT2D eigenvalue weighted by atomic mass is 32.2. The van der Waals surface area contributed by atoms with Gasteiger partial charge in [0.1, 0.15) is 29.9 Å². The lowest BCUT2D eigenvalue weighted by molar-refractivity contribution is -0.202. The molecule has 2 heterocycles. The summed E-state index contributed by atoms with van der Waals surface area (Å²) >= 11 is 1.28. The van der Waals surface area contributed by atoms with Crippen molar-refractivity contribution in [3.05, 3.63) is 22.6 Å². The van der Waals surface area contributed by atoms with Gasteiger partial charge in [0.25, 0.3) is 0 Å². The van der Waals surface area contributed by atoms with Gasteiger partial charge in [0, 0.05) is 22.7 Å². The number of aliphatic hydroxyl groups excluding tert-OH is 3. The van der Waals surface area contributed by atoms with Gasteiger partial charge in [-0.3, -0.25) is 0 Å². The van der Waals surface area contributed by atoms with Gasteiger partial charge in [-0.05, 0) is 18.4 Å². The zero-order chi connectivity index (χ0) is 15.4. The molecule has 118 valence electrons. The lowest BCUT2D eigenvalue weighted by Gasteiger charge is -2.43. The van der Waals surface area contributed by atoms with Crippen LogP contribution in [-0.2, 0) is 4.74 Å². The van der Waals surface area contributed by atoms with Crippen LogP contribution in [0.15, 0.2) is 17.3 Å². The van der Waals surface area contributed by atoms with E-state index in [2.05, 4.69) is 10.0 Å². The van der Waals surface area contributed by atoms with E-state index in [0.29, 0.717) is 12.8 Å². The molecule has 0 aromatic heterocycles. The average Bonchev–Trinajstić information content (AvgIpc) is 2.48. The number of hydrogen-bond donors (Lipinski definition) is 4. The zero-order valence-electron chi connectivity index (χ0n) is 11.4. The Kier molecular flexibility index (Phi) is 5.88. The third kappa shape index (κ3) is 3.89. The van der Waals surface area contributed by atoms with Crippen molar-refractivity contribution in [3.63, 3.8) is 0 Å². The molecule has 0 aliphatic carbocycles. The number of nitrogens with two attached hydrogens (primary N) is 1. The predicted octanol–water partition coefficient (Wildman–Crippen LogP) is -0.117. The normalized spacial score (nSPS) is 43.9. The molecule has 0 saturated carbocycles. The number of hydrogen-bond acceptors (Lipinski definition) is 7. The van der Waals surface area contributed by atoms with Crippen molar-refractivity contribution in [1.29, 1.82) is 0 Å². The van der Waals surface area contributed by atoms with Gasteiger partial charge < -0.3 is 25.8 Å². The molecule has 2 bridgehead atoms. The first-order chi connectivity index (χ1) is 10.0. The van der Waals surface area contributed by atoms with Gasteiger partial charge in [-0.25, -0.2) is 0 Å². The van der Waals surface area contributed by atoms with E-state index < -0.39 is 35.9 Å². The van der Waals surface area contributed by atoms with E-state index in [0.717, 1.165) is 0 Å². The van der Waals surface area contributed by atoms with Crippen LogP contribution in [0, 0.1) is 0 Å². The fourth-order valence-electron chi connectivity index (χ4n) is 2.47. The van der Waals surface area contributed by atoms with Gasteiger partial charge in [-0.15, -0.1) is 11.8 Å². The molecule has 21 heavy (non-hydrogen) atoms. The third-order valence-electron chi connectivity index (χ3n) is 3.68. The Hall–Kier alpha value is -0.800. The quantitative estimate of drug-likeness (QED) is 0.242. The van der Waals surface area contributed by atoms with Crippen molar-refractivity contribution < 1.29 is 20.1 Å². The smallest absolute Gasteiger partial charge is 0.132 e. The first kappa shape index (κ1) is 16.6. The van der Waals surface area contributed by atoms with E-state index in [4.69, 9.17) is 16.0 Å². The Balaban J connectivity index is 2.20. The molecule has 0 aromatic carbocycles. The molecular formula is C12H20N4O4S. The summed E-state index contributed by atoms with van der Waals surface area (Å²) in [4.78, 5) is 2.74. The van der Waals surface area contributed by atoms with Crippen molar-refractivity contribution in [2.45, 2.75) is 54.0 Å². The summed E-state index contributed by atoms with van der Waals surface area (Å²) in [6, 6.07) is -0.463. The summed E-state index contributed by atoms with van der Waals surface area (Å²) in [5, 5.41) is 33.5. The highest BCUT2D eigenvalue weighted by Crippen LogP contribution is 2.34. The molecule has 0 radical (unpaired) electrons. The first-order valence-corrected chi connectivity index (χ1v) is 7.75. The molecule has 1 fully saturated rings. The number of azide groups is 1. The molecule has 2 aliphatic rings. The number of rotatable bonds is 2. The lowest BCUT2D eigenvalue weighted by atomic mass is 9.93. The molecule has 0 amide bonds.